The molecule has 1 heterocycles. The highest BCUT2D eigenvalue weighted by Gasteiger charge is 2.40. The maximum Gasteiger partial charge on any atom is 0.125 e. The van der Waals surface area contributed by atoms with Crippen molar-refractivity contribution in [1.82, 2.24) is 5.32 Å². The fourth-order valence-corrected chi connectivity index (χ4v) is 2.19. The number of benzene rings is 1. The smallest absolute Gasteiger partial charge is 0.125 e. The van der Waals surface area contributed by atoms with E-state index in [4.69, 9.17) is 9.47 Å². The first kappa shape index (κ1) is 11.4. The number of hydrogen-bond donors (Lipinski definition) is 1. The van der Waals surface area contributed by atoms with Crippen molar-refractivity contribution in [3.63, 3.8) is 0 Å². The highest BCUT2D eigenvalue weighted by molar-refractivity contribution is 5.42. The molecule has 1 aromatic carbocycles. The normalized spacial score (nSPS) is 21.6. The van der Waals surface area contributed by atoms with Gasteiger partial charge in [-0.3, -0.25) is 0 Å². The van der Waals surface area contributed by atoms with E-state index in [2.05, 4.69) is 31.3 Å². The molecule has 0 aromatic heterocycles. The molecule has 1 aliphatic rings. The van der Waals surface area contributed by atoms with Crippen molar-refractivity contribution >= 4 is 0 Å². The minimum atomic E-state index is -0.197. The molecule has 0 spiro atoms. The molecule has 88 valence electrons. The Balaban J connectivity index is 2.15. The summed E-state index contributed by atoms with van der Waals surface area (Å²) in [6.07, 6.45) is 0. The summed E-state index contributed by atoms with van der Waals surface area (Å²) in [5.74, 6) is 0.988. The zero-order valence-electron chi connectivity index (χ0n) is 10.1. The van der Waals surface area contributed by atoms with Gasteiger partial charge in [0.1, 0.15) is 11.4 Å². The SMILES string of the molecule is COCCNC1c2ccccc2OC1(C)C. The molecule has 1 aromatic rings. The second kappa shape index (κ2) is 4.44. The third kappa shape index (κ3) is 2.06. The molecule has 3 nitrogen and oxygen atoms in total. The van der Waals surface area contributed by atoms with Gasteiger partial charge in [0.15, 0.2) is 0 Å². The Morgan fingerprint density at radius 2 is 2.12 bits per heavy atom. The monoisotopic (exact) mass is 221 g/mol. The van der Waals surface area contributed by atoms with Crippen molar-refractivity contribution in [2.24, 2.45) is 0 Å². The first-order chi connectivity index (χ1) is 7.65. The van der Waals surface area contributed by atoms with E-state index in [1.54, 1.807) is 7.11 Å². The molecule has 2 rings (SSSR count). The average molecular weight is 221 g/mol. The Morgan fingerprint density at radius 1 is 1.38 bits per heavy atom. The van der Waals surface area contributed by atoms with Gasteiger partial charge in [0.25, 0.3) is 0 Å². The Morgan fingerprint density at radius 3 is 2.88 bits per heavy atom. The van der Waals surface area contributed by atoms with Crippen LogP contribution >= 0.6 is 0 Å². The molecule has 0 radical (unpaired) electrons. The Bertz CT molecular complexity index is 363. The molecule has 0 amide bonds. The molecular weight excluding hydrogens is 202 g/mol. The van der Waals surface area contributed by atoms with Gasteiger partial charge in [-0.25, -0.2) is 0 Å². The van der Waals surface area contributed by atoms with Crippen molar-refractivity contribution in [3.8, 4) is 5.75 Å². The van der Waals surface area contributed by atoms with Gasteiger partial charge in [-0.1, -0.05) is 18.2 Å². The second-order valence-electron chi connectivity index (χ2n) is 4.62. The summed E-state index contributed by atoms with van der Waals surface area (Å²) >= 11 is 0. The molecule has 1 aliphatic heterocycles. The highest BCUT2D eigenvalue weighted by atomic mass is 16.5. The number of rotatable bonds is 4. The largest absolute Gasteiger partial charge is 0.486 e. The molecule has 0 saturated carbocycles. The van der Waals surface area contributed by atoms with Crippen molar-refractivity contribution < 1.29 is 9.47 Å². The van der Waals surface area contributed by atoms with Gasteiger partial charge in [0, 0.05) is 19.2 Å². The average Bonchev–Trinajstić information content (AvgIpc) is 2.50. The molecule has 0 fully saturated rings. The predicted octanol–water partition coefficient (Wildman–Crippen LogP) is 2.13. The summed E-state index contributed by atoms with van der Waals surface area (Å²) in [6, 6.07) is 8.43. The van der Waals surface area contributed by atoms with Crippen LogP contribution in [0.15, 0.2) is 24.3 Å². The molecule has 16 heavy (non-hydrogen) atoms. The summed E-state index contributed by atoms with van der Waals surface area (Å²) in [6.45, 7) is 5.77. The minimum absolute atomic E-state index is 0.197. The summed E-state index contributed by atoms with van der Waals surface area (Å²) in [7, 11) is 1.71. The van der Waals surface area contributed by atoms with Crippen LogP contribution in [0, 0.1) is 0 Å². The predicted molar refractivity (Wildman–Crippen MR) is 63.8 cm³/mol. The van der Waals surface area contributed by atoms with Crippen LogP contribution in [-0.4, -0.2) is 25.9 Å². The van der Waals surface area contributed by atoms with Crippen molar-refractivity contribution in [3.05, 3.63) is 29.8 Å². The van der Waals surface area contributed by atoms with Gasteiger partial charge < -0.3 is 14.8 Å². The number of methoxy groups -OCH3 is 1. The lowest BCUT2D eigenvalue weighted by Crippen LogP contribution is -2.40. The number of para-hydroxylation sites is 1. The van der Waals surface area contributed by atoms with E-state index in [9.17, 15) is 0 Å². The van der Waals surface area contributed by atoms with Crippen LogP contribution in [0.4, 0.5) is 0 Å². The number of fused-ring (bicyclic) bond motifs is 1. The molecule has 0 aliphatic carbocycles. The van der Waals surface area contributed by atoms with Crippen LogP contribution in [0.2, 0.25) is 0 Å². The van der Waals surface area contributed by atoms with Crippen molar-refractivity contribution in [2.75, 3.05) is 20.3 Å². The number of hydrogen-bond acceptors (Lipinski definition) is 3. The Hall–Kier alpha value is -1.06. The van der Waals surface area contributed by atoms with Gasteiger partial charge in [-0.15, -0.1) is 0 Å². The van der Waals surface area contributed by atoms with Gasteiger partial charge in [0.05, 0.1) is 12.6 Å². The van der Waals surface area contributed by atoms with E-state index in [-0.39, 0.29) is 11.6 Å². The lowest BCUT2D eigenvalue weighted by Gasteiger charge is -2.27. The Kier molecular flexibility index (Phi) is 3.17. The second-order valence-corrected chi connectivity index (χ2v) is 4.62. The van der Waals surface area contributed by atoms with Crippen LogP contribution in [-0.2, 0) is 4.74 Å². The maximum absolute atomic E-state index is 5.93. The topological polar surface area (TPSA) is 30.5 Å². The zero-order valence-corrected chi connectivity index (χ0v) is 10.1. The van der Waals surface area contributed by atoms with Crippen LogP contribution in [0.5, 0.6) is 5.75 Å². The summed E-state index contributed by atoms with van der Waals surface area (Å²) in [4.78, 5) is 0. The van der Waals surface area contributed by atoms with E-state index in [1.165, 1.54) is 5.56 Å². The fourth-order valence-electron chi connectivity index (χ4n) is 2.19. The van der Waals surface area contributed by atoms with Gasteiger partial charge in [-0.05, 0) is 19.9 Å². The first-order valence-corrected chi connectivity index (χ1v) is 5.65. The Labute approximate surface area is 96.8 Å². The van der Waals surface area contributed by atoms with E-state index in [1.807, 2.05) is 12.1 Å². The third-order valence-corrected chi connectivity index (χ3v) is 2.95. The molecule has 1 unspecified atom stereocenters. The minimum Gasteiger partial charge on any atom is -0.486 e. The highest BCUT2D eigenvalue weighted by Crippen LogP contribution is 2.42. The molecule has 3 heteroatoms. The van der Waals surface area contributed by atoms with E-state index in [0.29, 0.717) is 0 Å². The van der Waals surface area contributed by atoms with Crippen LogP contribution in [0.1, 0.15) is 25.5 Å². The van der Waals surface area contributed by atoms with Gasteiger partial charge in [0.2, 0.25) is 0 Å². The summed E-state index contributed by atoms with van der Waals surface area (Å²) in [5, 5.41) is 3.48. The first-order valence-electron chi connectivity index (χ1n) is 5.65. The molecule has 0 saturated heterocycles. The van der Waals surface area contributed by atoms with E-state index >= 15 is 0 Å². The standard InChI is InChI=1S/C13H19NO2/c1-13(2)12(14-8-9-15-3)10-6-4-5-7-11(10)16-13/h4-7,12,14H,8-9H2,1-3H3. The molecular formula is C13H19NO2. The molecule has 1 N–H and O–H groups in total. The molecule has 1 atom stereocenters. The zero-order chi connectivity index (χ0) is 11.6. The third-order valence-electron chi connectivity index (χ3n) is 2.95. The lowest BCUT2D eigenvalue weighted by molar-refractivity contribution is 0.0914. The van der Waals surface area contributed by atoms with Crippen molar-refractivity contribution in [1.29, 1.82) is 0 Å². The van der Waals surface area contributed by atoms with Crippen molar-refractivity contribution in [2.45, 2.75) is 25.5 Å². The quantitative estimate of drug-likeness (QED) is 0.790. The van der Waals surface area contributed by atoms with Crippen LogP contribution < -0.4 is 10.1 Å². The van der Waals surface area contributed by atoms with Gasteiger partial charge in [-0.2, -0.15) is 0 Å². The van der Waals surface area contributed by atoms with E-state index in [0.717, 1.165) is 18.9 Å². The lowest BCUT2D eigenvalue weighted by atomic mass is 9.94. The summed E-state index contributed by atoms with van der Waals surface area (Å²) < 4.78 is 11.0. The summed E-state index contributed by atoms with van der Waals surface area (Å²) in [5.41, 5.74) is 1.04. The van der Waals surface area contributed by atoms with Crippen LogP contribution in [0.3, 0.4) is 0 Å². The maximum atomic E-state index is 5.93. The molecule has 0 bridgehead atoms. The number of ether oxygens (including phenoxy) is 2. The van der Waals surface area contributed by atoms with Crippen LogP contribution in [0.25, 0.3) is 0 Å². The van der Waals surface area contributed by atoms with Gasteiger partial charge >= 0.3 is 0 Å². The van der Waals surface area contributed by atoms with E-state index < -0.39 is 0 Å². The number of nitrogens with one attached hydrogen (secondary N) is 1. The fraction of sp³-hybridized carbons (Fsp3) is 0.538.